The fraction of sp³-hybridized carbons (Fsp3) is 0.800. The first-order valence-electron chi connectivity index (χ1n) is 9.62. The molecule has 0 saturated carbocycles. The number of carbonyl (C=O) groups excluding carboxylic acids is 3. The molecule has 33 heavy (non-hydrogen) atoms. The summed E-state index contributed by atoms with van der Waals surface area (Å²) in [5, 5.41) is 74.2. The molecule has 0 aromatic rings. The summed E-state index contributed by atoms with van der Waals surface area (Å²) in [6.45, 7) is -2.43. The molecule has 0 aromatic heterocycles. The van der Waals surface area contributed by atoms with Crippen molar-refractivity contribution >= 4 is 17.9 Å². The zero-order valence-corrected chi connectivity index (χ0v) is 17.2. The molecule has 192 valence electrons. The van der Waals surface area contributed by atoms with Gasteiger partial charge in [0.25, 0.3) is 0 Å². The predicted molar refractivity (Wildman–Crippen MR) is 94.4 cm³/mol. The van der Waals surface area contributed by atoms with Gasteiger partial charge in [-0.05, 0) is 0 Å². The van der Waals surface area contributed by atoms with E-state index in [0.717, 1.165) is 0 Å². The summed E-state index contributed by atoms with van der Waals surface area (Å²) >= 11 is 0. The Morgan fingerprint density at radius 2 is 1.21 bits per heavy atom. The van der Waals surface area contributed by atoms with Crippen molar-refractivity contribution in [2.45, 2.75) is 50.0 Å². The van der Waals surface area contributed by atoms with Gasteiger partial charge in [-0.1, -0.05) is 0 Å². The van der Waals surface area contributed by atoms with Crippen LogP contribution in [0.25, 0.3) is 0 Å². The molecule has 0 radical (unpaired) electrons. The van der Waals surface area contributed by atoms with Crippen LogP contribution in [0.2, 0.25) is 0 Å². The van der Waals surface area contributed by atoms with Gasteiger partial charge in [0.1, 0.15) is 44.6 Å². The molecule has 8 N–H and O–H groups in total. The number of esters is 3. The van der Waals surface area contributed by atoms with E-state index in [2.05, 4.69) is 0 Å². The van der Waals surface area contributed by atoms with Crippen LogP contribution in [0.1, 0.15) is 19.3 Å². The Morgan fingerprint density at radius 3 is 1.70 bits per heavy atom. The molecule has 0 aromatic carbocycles. The summed E-state index contributed by atoms with van der Waals surface area (Å²) in [5.41, 5.74) is 0. The normalized spacial score (nSPS) is 27.8. The van der Waals surface area contributed by atoms with E-state index in [1.54, 1.807) is 0 Å². The zero-order valence-electron chi connectivity index (χ0n) is 17.2. The molecule has 1 aliphatic heterocycles. The largest absolute Gasteiger partial charge is 0.600 e. The average Bonchev–Trinajstić information content (AvgIpc) is 2.73. The number of ether oxygens (including phenoxy) is 4. The lowest BCUT2D eigenvalue weighted by Gasteiger charge is -2.41. The molecule has 8 atom stereocenters. The Labute approximate surface area is 185 Å². The molecule has 0 amide bonds. The summed E-state index contributed by atoms with van der Waals surface area (Å²) in [6, 6.07) is 0. The van der Waals surface area contributed by atoms with Gasteiger partial charge in [0.05, 0.1) is 19.3 Å². The smallest absolute Gasteiger partial charge is 0.314 e. The van der Waals surface area contributed by atoms with Crippen LogP contribution >= 0.6 is 0 Å². The molecular weight excluding hydrogens is 462 g/mol. The number of aliphatic hydroxyl groups is 2. The van der Waals surface area contributed by atoms with Gasteiger partial charge in [-0.3, -0.25) is 14.4 Å². The van der Waals surface area contributed by atoms with Crippen LogP contribution in [-0.2, 0) is 33.3 Å². The highest BCUT2D eigenvalue weighted by molar-refractivity contribution is 5.71. The standard InChI is InChI=1S/C15H27N3O15/c19-9(1-4-16(24)25)30-7-8-12(22)13(23)14(32-10(20)2-5-17(26)27)15(31-8)33-11(21)3-6-18(28)29/h8,12-18,22-24,26,28H,1-7H2/t8-,12-,13-,14-,15-/m1/s1. The average molecular weight is 489 g/mol. The van der Waals surface area contributed by atoms with Gasteiger partial charge in [-0.25, -0.2) is 31.3 Å². The lowest BCUT2D eigenvalue weighted by atomic mass is 9.99. The summed E-state index contributed by atoms with van der Waals surface area (Å²) in [7, 11) is 0. The van der Waals surface area contributed by atoms with Crippen molar-refractivity contribution in [1.82, 2.24) is 0 Å². The maximum atomic E-state index is 11.9. The minimum Gasteiger partial charge on any atom is -0.600 e. The molecule has 1 heterocycles. The van der Waals surface area contributed by atoms with Crippen molar-refractivity contribution in [3.8, 4) is 0 Å². The van der Waals surface area contributed by atoms with Crippen molar-refractivity contribution in [2.75, 3.05) is 26.2 Å². The Morgan fingerprint density at radius 1 is 0.758 bits per heavy atom. The predicted octanol–water partition coefficient (Wildman–Crippen LogP) is -7.08. The summed E-state index contributed by atoms with van der Waals surface area (Å²) < 4.78 is 19.9. The van der Waals surface area contributed by atoms with Gasteiger partial charge in [-0.2, -0.15) is 0 Å². The Balaban J connectivity index is 2.85. The van der Waals surface area contributed by atoms with Crippen LogP contribution in [0.4, 0.5) is 0 Å². The molecule has 1 aliphatic rings. The van der Waals surface area contributed by atoms with Crippen LogP contribution in [0.3, 0.4) is 0 Å². The first-order chi connectivity index (χ1) is 15.4. The number of hydrogen-bond acceptors (Lipinski definition) is 15. The molecule has 0 bridgehead atoms. The minimum atomic E-state index is -1.94. The number of quaternary nitrogens is 3. The van der Waals surface area contributed by atoms with Crippen molar-refractivity contribution in [3.05, 3.63) is 15.6 Å². The van der Waals surface area contributed by atoms with E-state index in [-0.39, 0.29) is 0 Å². The highest BCUT2D eigenvalue weighted by Crippen LogP contribution is 2.25. The van der Waals surface area contributed by atoms with Gasteiger partial charge in [0.2, 0.25) is 6.29 Å². The van der Waals surface area contributed by atoms with Gasteiger partial charge < -0.3 is 44.8 Å². The molecule has 0 spiro atoms. The number of hydroxylamine groups is 6. The third-order valence-corrected chi connectivity index (χ3v) is 4.20. The van der Waals surface area contributed by atoms with Crippen LogP contribution in [0.5, 0.6) is 0 Å². The van der Waals surface area contributed by atoms with E-state index in [9.17, 15) is 40.2 Å². The molecule has 1 saturated heterocycles. The van der Waals surface area contributed by atoms with E-state index in [1.165, 1.54) is 0 Å². The second kappa shape index (κ2) is 14.2. The molecular formula is C15H27N3O15. The number of carbonyl (C=O) groups is 3. The quantitative estimate of drug-likeness (QED) is 0.0678. The number of hydrogen-bond donors (Lipinski definition) is 8. The van der Waals surface area contributed by atoms with Gasteiger partial charge in [0, 0.05) is 0 Å². The van der Waals surface area contributed by atoms with E-state index >= 15 is 0 Å². The lowest BCUT2D eigenvalue weighted by molar-refractivity contribution is -1.05. The number of rotatable bonds is 13. The summed E-state index contributed by atoms with van der Waals surface area (Å²) in [5.74, 6) is -3.20. The monoisotopic (exact) mass is 489 g/mol. The van der Waals surface area contributed by atoms with Gasteiger partial charge >= 0.3 is 17.9 Å². The fourth-order valence-electron chi connectivity index (χ4n) is 2.54. The molecule has 18 heteroatoms. The van der Waals surface area contributed by atoms with Crippen LogP contribution in [-0.4, -0.2) is 101 Å². The first-order valence-corrected chi connectivity index (χ1v) is 9.62. The second-order valence-corrected chi connectivity index (χ2v) is 6.83. The van der Waals surface area contributed by atoms with E-state index in [1.807, 2.05) is 0 Å². The fourth-order valence-corrected chi connectivity index (χ4v) is 2.54. The number of nitrogens with one attached hydrogen (secondary N) is 3. The van der Waals surface area contributed by atoms with E-state index < -0.39 is 110 Å². The molecule has 3 unspecified atom stereocenters. The lowest BCUT2D eigenvalue weighted by Crippen LogP contribution is -3.04. The molecule has 1 fully saturated rings. The Kier molecular flexibility index (Phi) is 12.5. The van der Waals surface area contributed by atoms with Gasteiger partial charge in [0.15, 0.2) is 6.10 Å². The number of aliphatic hydroxyl groups excluding tert-OH is 2. The van der Waals surface area contributed by atoms with Crippen molar-refractivity contribution < 1.29 is 74.8 Å². The van der Waals surface area contributed by atoms with Crippen molar-refractivity contribution in [1.29, 1.82) is 0 Å². The van der Waals surface area contributed by atoms with Crippen LogP contribution < -0.4 is 15.7 Å². The highest BCUT2D eigenvalue weighted by atomic mass is 16.8. The molecule has 1 rings (SSSR count). The van der Waals surface area contributed by atoms with Crippen LogP contribution in [0, 0.1) is 15.6 Å². The molecule has 0 aliphatic carbocycles. The topological polar surface area (TPSA) is 272 Å². The Hall–Kier alpha value is -2.07. The Bertz CT molecular complexity index is 632. The van der Waals surface area contributed by atoms with Gasteiger partial charge in [-0.15, -0.1) is 0 Å². The first kappa shape index (κ1) is 29.0. The SMILES string of the molecule is O=C(CC[NH+]([O-])O)OC[C@H]1O[C@H](OC(=O)CC[NH+]([O-])O)[C@H](OC(=O)CC[NH+]([O-])O)[C@H](O)[C@@H]1O. The van der Waals surface area contributed by atoms with E-state index in [4.69, 9.17) is 34.6 Å². The van der Waals surface area contributed by atoms with Crippen molar-refractivity contribution in [2.24, 2.45) is 0 Å². The maximum absolute atomic E-state index is 11.9. The molecule has 18 nitrogen and oxygen atoms in total. The minimum absolute atomic E-state index is 0.488. The zero-order chi connectivity index (χ0) is 25.1. The maximum Gasteiger partial charge on any atom is 0.314 e. The third-order valence-electron chi connectivity index (χ3n) is 4.20. The highest BCUT2D eigenvalue weighted by Gasteiger charge is 2.49. The summed E-state index contributed by atoms with van der Waals surface area (Å²) in [6.07, 6.45) is -10.6. The van der Waals surface area contributed by atoms with Crippen molar-refractivity contribution in [3.63, 3.8) is 0 Å². The van der Waals surface area contributed by atoms with Crippen LogP contribution in [0.15, 0.2) is 0 Å². The third kappa shape index (κ3) is 11.1. The second-order valence-electron chi connectivity index (χ2n) is 6.83. The summed E-state index contributed by atoms with van der Waals surface area (Å²) in [4.78, 5) is 35.4. The van der Waals surface area contributed by atoms with E-state index in [0.29, 0.717) is 0 Å².